The van der Waals surface area contributed by atoms with Crippen molar-refractivity contribution in [3.05, 3.63) is 29.5 Å². The second-order valence-electron chi connectivity index (χ2n) is 8.24. The molecular weight excluding hydrogens is 304 g/mol. The number of rotatable bonds is 6. The van der Waals surface area contributed by atoms with Gasteiger partial charge in [-0.15, -0.1) is 0 Å². The Balaban J connectivity index is 2.55. The predicted octanol–water partition coefficient (Wildman–Crippen LogP) is 4.16. The molecule has 0 amide bonds. The summed E-state index contributed by atoms with van der Waals surface area (Å²) in [6.45, 7) is 9.80. The minimum Gasteiger partial charge on any atom is -0.497 e. The van der Waals surface area contributed by atoms with Gasteiger partial charge in [-0.2, -0.15) is 0 Å². The molecule has 1 atom stereocenters. The van der Waals surface area contributed by atoms with Gasteiger partial charge < -0.3 is 19.1 Å². The lowest BCUT2D eigenvalue weighted by atomic mass is 9.83. The van der Waals surface area contributed by atoms with Crippen molar-refractivity contribution >= 4 is 17.3 Å². The zero-order chi connectivity index (χ0) is 18.1. The molecule has 1 unspecified atom stereocenters. The van der Waals surface area contributed by atoms with Gasteiger partial charge in [-0.25, -0.2) is 0 Å². The predicted molar refractivity (Wildman–Crippen MR) is 95.5 cm³/mol. The van der Waals surface area contributed by atoms with E-state index in [2.05, 4.69) is 0 Å². The summed E-state index contributed by atoms with van der Waals surface area (Å²) in [7, 11) is 1.63. The average Bonchev–Trinajstić information content (AvgIpc) is 2.82. The molecule has 0 saturated heterocycles. The highest BCUT2D eigenvalue weighted by Gasteiger charge is 2.28. The van der Waals surface area contributed by atoms with E-state index in [1.807, 2.05) is 52.8 Å². The summed E-state index contributed by atoms with van der Waals surface area (Å²) in [6.07, 6.45) is 1.42. The van der Waals surface area contributed by atoms with Crippen LogP contribution in [0.1, 0.15) is 45.9 Å². The van der Waals surface area contributed by atoms with Gasteiger partial charge in [0.1, 0.15) is 23.4 Å². The van der Waals surface area contributed by atoms with Crippen LogP contribution in [0, 0.1) is 10.8 Å². The monoisotopic (exact) mass is 332 g/mol. The highest BCUT2D eigenvalue weighted by Crippen LogP contribution is 2.35. The van der Waals surface area contributed by atoms with Gasteiger partial charge in [0, 0.05) is 29.2 Å². The zero-order valence-corrected chi connectivity index (χ0v) is 15.5. The molecule has 1 aromatic heterocycles. The first kappa shape index (κ1) is 18.5. The Morgan fingerprint density at radius 1 is 1.25 bits per heavy atom. The molecule has 24 heavy (non-hydrogen) atoms. The van der Waals surface area contributed by atoms with Crippen LogP contribution in [0.15, 0.2) is 22.6 Å². The van der Waals surface area contributed by atoms with Crippen LogP contribution in [0.5, 0.6) is 5.75 Å². The maximum atomic E-state index is 11.3. The molecule has 132 valence electrons. The van der Waals surface area contributed by atoms with Gasteiger partial charge in [0.05, 0.1) is 13.2 Å². The van der Waals surface area contributed by atoms with Gasteiger partial charge in [-0.1, -0.05) is 34.6 Å². The van der Waals surface area contributed by atoms with Crippen molar-refractivity contribution in [2.24, 2.45) is 10.8 Å². The van der Waals surface area contributed by atoms with E-state index in [-0.39, 0.29) is 5.41 Å². The molecule has 1 heterocycles. The maximum absolute atomic E-state index is 11.3. The number of hydrogen-bond acceptors (Lipinski definition) is 4. The number of hydrogen-bond donors (Lipinski definition) is 1. The smallest absolute Gasteiger partial charge is 0.134 e. The van der Waals surface area contributed by atoms with Gasteiger partial charge in [0.2, 0.25) is 0 Å². The van der Waals surface area contributed by atoms with E-state index in [4.69, 9.17) is 9.15 Å². The number of ether oxygens (including phenoxy) is 1. The molecule has 4 nitrogen and oxygen atoms in total. The highest BCUT2D eigenvalue weighted by molar-refractivity contribution is 5.84. The first-order chi connectivity index (χ1) is 11.1. The summed E-state index contributed by atoms with van der Waals surface area (Å²) in [6, 6.07) is 5.66. The summed E-state index contributed by atoms with van der Waals surface area (Å²) >= 11 is 0. The van der Waals surface area contributed by atoms with Crippen molar-refractivity contribution in [2.45, 2.75) is 53.6 Å². The van der Waals surface area contributed by atoms with Crippen LogP contribution in [-0.4, -0.2) is 24.6 Å². The lowest BCUT2D eigenvalue weighted by Gasteiger charge is -2.26. The Morgan fingerprint density at radius 3 is 2.46 bits per heavy atom. The average molecular weight is 332 g/mol. The van der Waals surface area contributed by atoms with Gasteiger partial charge in [-0.05, 0) is 23.6 Å². The van der Waals surface area contributed by atoms with E-state index in [1.54, 1.807) is 7.11 Å². The quantitative estimate of drug-likeness (QED) is 0.807. The minimum absolute atomic E-state index is 0.236. The van der Waals surface area contributed by atoms with Crippen molar-refractivity contribution in [3.63, 3.8) is 0 Å². The molecule has 0 fully saturated rings. The van der Waals surface area contributed by atoms with Crippen LogP contribution < -0.4 is 4.74 Å². The molecule has 0 aliphatic rings. The first-order valence-corrected chi connectivity index (χ1v) is 8.30. The third-order valence-corrected chi connectivity index (χ3v) is 4.41. The minimum atomic E-state index is -0.514. The second-order valence-corrected chi connectivity index (χ2v) is 8.24. The van der Waals surface area contributed by atoms with E-state index < -0.39 is 11.5 Å². The van der Waals surface area contributed by atoms with Crippen LogP contribution in [0.3, 0.4) is 0 Å². The summed E-state index contributed by atoms with van der Waals surface area (Å²) in [4.78, 5) is 11.3. The molecule has 0 bridgehead atoms. The second kappa shape index (κ2) is 6.60. The van der Waals surface area contributed by atoms with Crippen molar-refractivity contribution in [1.29, 1.82) is 0 Å². The molecule has 2 aromatic rings. The standard InChI is InChI=1S/C20H28O4/c1-19(2,3)18(22)10-15-14-9-13(23-6)7-8-16(14)24-17(15)11-20(4,5)12-21/h7-9,12,18,22H,10-11H2,1-6H3. The van der Waals surface area contributed by atoms with Gasteiger partial charge in [-0.3, -0.25) is 0 Å². The number of fused-ring (bicyclic) bond motifs is 1. The molecule has 4 heteroatoms. The fourth-order valence-corrected chi connectivity index (χ4v) is 2.63. The lowest BCUT2D eigenvalue weighted by molar-refractivity contribution is -0.114. The highest BCUT2D eigenvalue weighted by atomic mass is 16.5. The largest absolute Gasteiger partial charge is 0.497 e. The van der Waals surface area contributed by atoms with E-state index in [0.717, 1.165) is 34.3 Å². The molecule has 0 aliphatic heterocycles. The molecule has 0 spiro atoms. The lowest BCUT2D eigenvalue weighted by Crippen LogP contribution is -2.28. The van der Waals surface area contributed by atoms with Crippen LogP contribution in [0.2, 0.25) is 0 Å². The third kappa shape index (κ3) is 3.99. The summed E-state index contributed by atoms with van der Waals surface area (Å²) < 4.78 is 11.3. The fraction of sp³-hybridized carbons (Fsp3) is 0.550. The Morgan fingerprint density at radius 2 is 1.92 bits per heavy atom. The number of carbonyl (C=O) groups is 1. The maximum Gasteiger partial charge on any atom is 0.134 e. The number of aldehydes is 1. The number of methoxy groups -OCH3 is 1. The van der Waals surface area contributed by atoms with Gasteiger partial charge in [0.15, 0.2) is 0 Å². The van der Waals surface area contributed by atoms with E-state index >= 15 is 0 Å². The van der Waals surface area contributed by atoms with Gasteiger partial charge in [0.25, 0.3) is 0 Å². The van der Waals surface area contributed by atoms with Gasteiger partial charge >= 0.3 is 0 Å². The molecule has 1 N–H and O–H groups in total. The Bertz CT molecular complexity index is 719. The molecule has 0 aliphatic carbocycles. The Labute approximate surface area is 143 Å². The van der Waals surface area contributed by atoms with Crippen LogP contribution >= 0.6 is 0 Å². The SMILES string of the molecule is COc1ccc2oc(CC(C)(C)C=O)c(CC(O)C(C)(C)C)c2c1. The van der Waals surface area contributed by atoms with E-state index in [1.165, 1.54) is 0 Å². The van der Waals surface area contributed by atoms with E-state index in [9.17, 15) is 9.90 Å². The number of carbonyl (C=O) groups excluding carboxylic acids is 1. The summed E-state index contributed by atoms with van der Waals surface area (Å²) in [5.74, 6) is 1.51. The Hall–Kier alpha value is -1.81. The zero-order valence-electron chi connectivity index (χ0n) is 15.5. The first-order valence-electron chi connectivity index (χ1n) is 8.30. The van der Waals surface area contributed by atoms with Crippen LogP contribution in [0.4, 0.5) is 0 Å². The van der Waals surface area contributed by atoms with E-state index in [0.29, 0.717) is 12.8 Å². The molecule has 0 radical (unpaired) electrons. The normalized spacial score (nSPS) is 14.0. The number of aliphatic hydroxyl groups excluding tert-OH is 1. The third-order valence-electron chi connectivity index (χ3n) is 4.41. The van der Waals surface area contributed by atoms with Crippen molar-refractivity contribution in [2.75, 3.05) is 7.11 Å². The molecule has 0 saturated carbocycles. The van der Waals surface area contributed by atoms with Crippen molar-refractivity contribution in [1.82, 2.24) is 0 Å². The topological polar surface area (TPSA) is 59.7 Å². The summed E-state index contributed by atoms with van der Waals surface area (Å²) in [5.41, 5.74) is 0.962. The molecule has 1 aromatic carbocycles. The number of furan rings is 1. The van der Waals surface area contributed by atoms with Crippen LogP contribution in [0.25, 0.3) is 11.0 Å². The number of benzene rings is 1. The van der Waals surface area contributed by atoms with Crippen molar-refractivity contribution in [3.8, 4) is 5.75 Å². The van der Waals surface area contributed by atoms with Crippen LogP contribution in [-0.2, 0) is 17.6 Å². The molecule has 2 rings (SSSR count). The summed E-state index contributed by atoms with van der Waals surface area (Å²) in [5, 5.41) is 11.5. The molecular formula is C20H28O4. The fourth-order valence-electron chi connectivity index (χ4n) is 2.63. The van der Waals surface area contributed by atoms with Crippen molar-refractivity contribution < 1.29 is 19.1 Å². The number of aliphatic hydroxyl groups is 1. The Kier molecular flexibility index (Phi) is 5.09.